The van der Waals surface area contributed by atoms with Gasteiger partial charge in [-0.2, -0.15) is 0 Å². The quantitative estimate of drug-likeness (QED) is 0.660. The van der Waals surface area contributed by atoms with E-state index >= 15 is 0 Å². The van der Waals surface area contributed by atoms with Crippen LogP contribution < -0.4 is 10.6 Å². The molecule has 4 N–H and O–H groups in total. The number of aryl methyl sites for hydroxylation is 1. The summed E-state index contributed by atoms with van der Waals surface area (Å²) in [5.74, 6) is -2.76. The molecule has 0 aliphatic rings. The standard InChI is InChI=1S/C12H13ClN2O5/c1-6-2-3-7(13)8(4-6)14-12(20)15-9(11(18)19)5-10(16)17/h2-4,9H,5H2,1H3,(H,16,17)(H,18,19)(H2,14,15,20)/t9-/m0/s1. The molecular weight excluding hydrogens is 288 g/mol. The molecule has 0 radical (unpaired) electrons. The minimum Gasteiger partial charge on any atom is -0.481 e. The number of halogens is 1. The SMILES string of the molecule is Cc1ccc(Cl)c(NC(=O)N[C@@H](CC(=O)O)C(=O)O)c1. The molecule has 0 saturated carbocycles. The lowest BCUT2D eigenvalue weighted by Crippen LogP contribution is -2.44. The van der Waals surface area contributed by atoms with Crippen molar-refractivity contribution in [3.8, 4) is 0 Å². The van der Waals surface area contributed by atoms with Crippen molar-refractivity contribution < 1.29 is 24.6 Å². The highest BCUT2D eigenvalue weighted by Gasteiger charge is 2.23. The molecule has 0 aromatic heterocycles. The first-order valence-corrected chi connectivity index (χ1v) is 5.95. The van der Waals surface area contributed by atoms with Crippen molar-refractivity contribution >= 4 is 35.3 Å². The van der Waals surface area contributed by atoms with Crippen molar-refractivity contribution in [3.05, 3.63) is 28.8 Å². The monoisotopic (exact) mass is 300 g/mol. The number of urea groups is 1. The number of aliphatic carboxylic acids is 2. The van der Waals surface area contributed by atoms with Crippen molar-refractivity contribution in [2.24, 2.45) is 0 Å². The van der Waals surface area contributed by atoms with E-state index in [2.05, 4.69) is 10.6 Å². The summed E-state index contributed by atoms with van der Waals surface area (Å²) in [5, 5.41) is 22.1. The summed E-state index contributed by atoms with van der Waals surface area (Å²) in [6, 6.07) is 2.57. The second-order valence-corrected chi connectivity index (χ2v) is 4.48. The Balaban J connectivity index is 2.72. The van der Waals surface area contributed by atoms with Crippen molar-refractivity contribution in [2.45, 2.75) is 19.4 Å². The van der Waals surface area contributed by atoms with Gasteiger partial charge in [0.25, 0.3) is 0 Å². The third-order valence-corrected chi connectivity index (χ3v) is 2.68. The fraction of sp³-hybridized carbons (Fsp3) is 0.250. The number of hydrogen-bond acceptors (Lipinski definition) is 3. The summed E-state index contributed by atoms with van der Waals surface area (Å²) in [6.07, 6.45) is -0.718. The highest BCUT2D eigenvalue weighted by atomic mass is 35.5. The van der Waals surface area contributed by atoms with Crippen LogP contribution in [0, 0.1) is 6.92 Å². The Kier molecular flexibility index (Phi) is 5.33. The van der Waals surface area contributed by atoms with Crippen LogP contribution in [0.15, 0.2) is 18.2 Å². The van der Waals surface area contributed by atoms with Crippen LogP contribution in [0.1, 0.15) is 12.0 Å². The largest absolute Gasteiger partial charge is 0.481 e. The molecule has 1 aromatic carbocycles. The van der Waals surface area contributed by atoms with E-state index in [0.29, 0.717) is 5.69 Å². The van der Waals surface area contributed by atoms with Crippen molar-refractivity contribution in [1.29, 1.82) is 0 Å². The number of carboxylic acids is 2. The van der Waals surface area contributed by atoms with Crippen LogP contribution in [0.5, 0.6) is 0 Å². The van der Waals surface area contributed by atoms with E-state index in [0.717, 1.165) is 5.56 Å². The number of anilines is 1. The first kappa shape index (κ1) is 15.8. The number of carbonyl (C=O) groups excluding carboxylic acids is 1. The van der Waals surface area contributed by atoms with Gasteiger partial charge in [0.1, 0.15) is 6.04 Å². The smallest absolute Gasteiger partial charge is 0.326 e. The second-order valence-electron chi connectivity index (χ2n) is 4.07. The molecule has 0 fully saturated rings. The third kappa shape index (κ3) is 4.77. The first-order chi connectivity index (χ1) is 9.29. The number of carboxylic acid groups (broad SMARTS) is 2. The van der Waals surface area contributed by atoms with Crippen LogP contribution in [0.4, 0.5) is 10.5 Å². The molecule has 0 aliphatic carbocycles. The number of benzene rings is 1. The van der Waals surface area contributed by atoms with E-state index < -0.39 is 30.4 Å². The summed E-state index contributed by atoms with van der Waals surface area (Å²) in [4.78, 5) is 32.9. The molecule has 0 saturated heterocycles. The zero-order valence-corrected chi connectivity index (χ0v) is 11.3. The van der Waals surface area contributed by atoms with Gasteiger partial charge in [0.15, 0.2) is 0 Å². The van der Waals surface area contributed by atoms with Crippen LogP contribution in [-0.2, 0) is 9.59 Å². The van der Waals surface area contributed by atoms with Gasteiger partial charge in [-0.1, -0.05) is 17.7 Å². The Morgan fingerprint density at radius 2 is 1.95 bits per heavy atom. The maximum absolute atomic E-state index is 11.6. The van der Waals surface area contributed by atoms with Gasteiger partial charge in [0.05, 0.1) is 17.1 Å². The number of nitrogens with one attached hydrogen (secondary N) is 2. The minimum absolute atomic E-state index is 0.288. The van der Waals surface area contributed by atoms with Crippen LogP contribution in [0.25, 0.3) is 0 Å². The fourth-order valence-corrected chi connectivity index (χ4v) is 1.59. The van der Waals surface area contributed by atoms with E-state index in [1.165, 1.54) is 0 Å². The number of rotatable bonds is 5. The van der Waals surface area contributed by atoms with Crippen molar-refractivity contribution in [2.75, 3.05) is 5.32 Å². The molecule has 1 aromatic rings. The molecule has 0 bridgehead atoms. The summed E-state index contributed by atoms with van der Waals surface area (Å²) >= 11 is 5.87. The van der Waals surface area contributed by atoms with Crippen molar-refractivity contribution in [3.63, 3.8) is 0 Å². The molecule has 2 amide bonds. The van der Waals surface area contributed by atoms with E-state index in [4.69, 9.17) is 21.8 Å². The zero-order valence-electron chi connectivity index (χ0n) is 10.5. The summed E-state index contributed by atoms with van der Waals surface area (Å²) < 4.78 is 0. The first-order valence-electron chi connectivity index (χ1n) is 5.58. The molecule has 0 heterocycles. The molecule has 20 heavy (non-hydrogen) atoms. The van der Waals surface area contributed by atoms with Gasteiger partial charge in [-0.3, -0.25) is 4.79 Å². The van der Waals surface area contributed by atoms with Gasteiger partial charge in [-0.15, -0.1) is 0 Å². The maximum Gasteiger partial charge on any atom is 0.326 e. The lowest BCUT2D eigenvalue weighted by molar-refractivity contribution is -0.145. The van der Waals surface area contributed by atoms with E-state index in [1.807, 2.05) is 0 Å². The Labute approximate surface area is 119 Å². The molecule has 8 heteroatoms. The van der Waals surface area contributed by atoms with Gasteiger partial charge in [-0.05, 0) is 24.6 Å². The summed E-state index contributed by atoms with van der Waals surface area (Å²) in [6.45, 7) is 1.80. The molecule has 1 atom stereocenters. The number of hydrogen-bond donors (Lipinski definition) is 4. The summed E-state index contributed by atoms with van der Waals surface area (Å²) in [7, 11) is 0. The fourth-order valence-electron chi connectivity index (χ4n) is 1.43. The Morgan fingerprint density at radius 3 is 2.50 bits per heavy atom. The zero-order chi connectivity index (χ0) is 15.3. The molecule has 108 valence electrons. The normalized spacial score (nSPS) is 11.5. The Morgan fingerprint density at radius 1 is 1.30 bits per heavy atom. The maximum atomic E-state index is 11.6. The van der Waals surface area contributed by atoms with E-state index in [-0.39, 0.29) is 5.02 Å². The lowest BCUT2D eigenvalue weighted by atomic mass is 10.2. The summed E-state index contributed by atoms with van der Waals surface area (Å²) in [5.41, 5.74) is 1.16. The van der Waals surface area contributed by atoms with Gasteiger partial charge in [-0.25, -0.2) is 9.59 Å². The third-order valence-electron chi connectivity index (χ3n) is 2.35. The number of amides is 2. The van der Waals surface area contributed by atoms with Crippen LogP contribution in [0.2, 0.25) is 5.02 Å². The van der Waals surface area contributed by atoms with E-state index in [9.17, 15) is 14.4 Å². The average Bonchev–Trinajstić information content (AvgIpc) is 2.32. The molecule has 7 nitrogen and oxygen atoms in total. The van der Waals surface area contributed by atoms with Gasteiger partial charge in [0, 0.05) is 0 Å². The highest BCUT2D eigenvalue weighted by molar-refractivity contribution is 6.33. The Bertz CT molecular complexity index is 547. The van der Waals surface area contributed by atoms with Gasteiger partial charge >= 0.3 is 18.0 Å². The van der Waals surface area contributed by atoms with Gasteiger partial charge in [0.2, 0.25) is 0 Å². The topological polar surface area (TPSA) is 116 Å². The van der Waals surface area contributed by atoms with Crippen LogP contribution >= 0.6 is 11.6 Å². The van der Waals surface area contributed by atoms with Crippen LogP contribution in [-0.4, -0.2) is 34.2 Å². The van der Waals surface area contributed by atoms with E-state index in [1.54, 1.807) is 25.1 Å². The van der Waals surface area contributed by atoms with Gasteiger partial charge < -0.3 is 20.8 Å². The molecule has 0 unspecified atom stereocenters. The minimum atomic E-state index is -1.52. The predicted molar refractivity (Wildman–Crippen MR) is 72.0 cm³/mol. The predicted octanol–water partition coefficient (Wildman–Crippen LogP) is 1.70. The Hall–Kier alpha value is -2.28. The van der Waals surface area contributed by atoms with Crippen LogP contribution in [0.3, 0.4) is 0 Å². The van der Waals surface area contributed by atoms with Crippen molar-refractivity contribution in [1.82, 2.24) is 5.32 Å². The average molecular weight is 301 g/mol. The molecule has 0 spiro atoms. The lowest BCUT2D eigenvalue weighted by Gasteiger charge is -2.14. The molecule has 0 aliphatic heterocycles. The second kappa shape index (κ2) is 6.76. The molecular formula is C12H13ClN2O5. The number of carbonyl (C=O) groups is 3. The molecule has 1 rings (SSSR count). The highest BCUT2D eigenvalue weighted by Crippen LogP contribution is 2.22.